The van der Waals surface area contributed by atoms with Crippen LogP contribution in [0, 0.1) is 0 Å². The Morgan fingerprint density at radius 3 is 2.46 bits per heavy atom. The van der Waals surface area contributed by atoms with E-state index in [9.17, 15) is 9.90 Å². The first kappa shape index (κ1) is 18.0. The second kappa shape index (κ2) is 7.49. The third kappa shape index (κ3) is 3.77. The van der Waals surface area contributed by atoms with E-state index in [-0.39, 0.29) is 6.61 Å². The van der Waals surface area contributed by atoms with Crippen molar-refractivity contribution in [1.82, 2.24) is 0 Å². The largest absolute Gasteiger partial charge is 0.489 e. The minimum absolute atomic E-state index is 0.264. The first-order chi connectivity index (χ1) is 11.4. The van der Waals surface area contributed by atoms with Crippen LogP contribution in [0.25, 0.3) is 0 Å². The van der Waals surface area contributed by atoms with Gasteiger partial charge in [-0.25, -0.2) is 0 Å². The van der Waals surface area contributed by atoms with Gasteiger partial charge in [0.05, 0.1) is 0 Å². The van der Waals surface area contributed by atoms with Crippen LogP contribution < -0.4 is 10.5 Å². The zero-order valence-electron chi connectivity index (χ0n) is 14.5. The number of hydrogen-bond acceptors (Lipinski definition) is 3. The number of rotatable bonds is 7. The topological polar surface area (TPSA) is 72.6 Å². The Kier molecular flexibility index (Phi) is 5.62. The number of aliphatic hydroxyl groups is 1. The number of aryl methyl sites for hydroxylation is 2. The van der Waals surface area contributed by atoms with E-state index in [1.807, 2.05) is 18.2 Å². The molecule has 1 atom stereocenters. The molecule has 0 aliphatic heterocycles. The summed E-state index contributed by atoms with van der Waals surface area (Å²) in [6.45, 7) is 5.85. The van der Waals surface area contributed by atoms with Crippen LogP contribution in [0.15, 0.2) is 42.5 Å². The monoisotopic (exact) mass is 327 g/mol. The van der Waals surface area contributed by atoms with E-state index < -0.39 is 11.5 Å². The molecule has 0 fully saturated rings. The third-order valence-electron chi connectivity index (χ3n) is 4.33. The van der Waals surface area contributed by atoms with Crippen LogP contribution in [-0.2, 0) is 29.8 Å². The third-order valence-corrected chi connectivity index (χ3v) is 4.33. The van der Waals surface area contributed by atoms with Gasteiger partial charge in [0.15, 0.2) is 5.60 Å². The van der Waals surface area contributed by atoms with Crippen molar-refractivity contribution in [3.8, 4) is 5.75 Å². The lowest BCUT2D eigenvalue weighted by atomic mass is 9.91. The van der Waals surface area contributed by atoms with E-state index in [0.717, 1.165) is 29.7 Å². The number of primary amides is 1. The predicted molar refractivity (Wildman–Crippen MR) is 94.7 cm³/mol. The molecule has 0 saturated carbocycles. The molecule has 2 aromatic rings. The van der Waals surface area contributed by atoms with Gasteiger partial charge in [0.2, 0.25) is 0 Å². The lowest BCUT2D eigenvalue weighted by Crippen LogP contribution is -2.39. The van der Waals surface area contributed by atoms with Gasteiger partial charge >= 0.3 is 0 Å². The summed E-state index contributed by atoms with van der Waals surface area (Å²) >= 11 is 0. The maximum atomic E-state index is 11.6. The van der Waals surface area contributed by atoms with Gasteiger partial charge in [-0.3, -0.25) is 4.79 Å². The number of hydrogen-bond donors (Lipinski definition) is 2. The standard InChI is InChI=1S/C20H25NO3/c1-4-14-10-11-15(5-2)18(12-14)24-13-16-8-6-7-9-17(16)20(3,23)19(21)22/h6-12,23H,4-5,13H2,1-3H3,(H2,21,22). The summed E-state index contributed by atoms with van der Waals surface area (Å²) in [6, 6.07) is 13.4. The van der Waals surface area contributed by atoms with Crippen LogP contribution in [0.3, 0.4) is 0 Å². The van der Waals surface area contributed by atoms with Crippen LogP contribution in [0.2, 0.25) is 0 Å². The minimum Gasteiger partial charge on any atom is -0.489 e. The quantitative estimate of drug-likeness (QED) is 0.821. The highest BCUT2D eigenvalue weighted by atomic mass is 16.5. The zero-order valence-corrected chi connectivity index (χ0v) is 14.5. The van der Waals surface area contributed by atoms with Gasteiger partial charge in [-0.2, -0.15) is 0 Å². The Labute approximate surface area is 143 Å². The molecule has 4 heteroatoms. The molecule has 0 aliphatic carbocycles. The molecule has 0 heterocycles. The summed E-state index contributed by atoms with van der Waals surface area (Å²) in [5.74, 6) is 0.0579. The Bertz CT molecular complexity index is 723. The van der Waals surface area contributed by atoms with Crippen LogP contribution in [0.4, 0.5) is 0 Å². The minimum atomic E-state index is -1.72. The van der Waals surface area contributed by atoms with Gasteiger partial charge in [0.1, 0.15) is 12.4 Å². The van der Waals surface area contributed by atoms with E-state index in [1.54, 1.807) is 12.1 Å². The highest BCUT2D eigenvalue weighted by Gasteiger charge is 2.32. The summed E-state index contributed by atoms with van der Waals surface area (Å²) in [7, 11) is 0. The van der Waals surface area contributed by atoms with E-state index >= 15 is 0 Å². The number of carbonyl (C=O) groups is 1. The van der Waals surface area contributed by atoms with Crippen LogP contribution in [-0.4, -0.2) is 11.0 Å². The molecular weight excluding hydrogens is 302 g/mol. The van der Waals surface area contributed by atoms with Crippen molar-refractivity contribution in [3.63, 3.8) is 0 Å². The first-order valence-corrected chi connectivity index (χ1v) is 8.25. The zero-order chi connectivity index (χ0) is 17.7. The highest BCUT2D eigenvalue weighted by molar-refractivity contribution is 5.84. The molecule has 0 aromatic heterocycles. The van der Waals surface area contributed by atoms with Crippen molar-refractivity contribution in [2.75, 3.05) is 0 Å². The van der Waals surface area contributed by atoms with Crippen LogP contribution in [0.5, 0.6) is 5.75 Å². The molecule has 0 spiro atoms. The van der Waals surface area contributed by atoms with Crippen molar-refractivity contribution < 1.29 is 14.6 Å². The summed E-state index contributed by atoms with van der Waals surface area (Å²) in [6.07, 6.45) is 1.81. The summed E-state index contributed by atoms with van der Waals surface area (Å²) in [5.41, 5.74) is 7.16. The van der Waals surface area contributed by atoms with Gasteiger partial charge < -0.3 is 15.6 Å². The Morgan fingerprint density at radius 2 is 1.83 bits per heavy atom. The lowest BCUT2D eigenvalue weighted by molar-refractivity contribution is -0.135. The molecule has 1 unspecified atom stereocenters. The molecule has 4 nitrogen and oxygen atoms in total. The van der Waals surface area contributed by atoms with Gasteiger partial charge in [-0.05, 0) is 48.1 Å². The molecule has 128 valence electrons. The summed E-state index contributed by atoms with van der Waals surface area (Å²) < 4.78 is 6.01. The van der Waals surface area contributed by atoms with E-state index in [4.69, 9.17) is 10.5 Å². The van der Waals surface area contributed by atoms with Gasteiger partial charge in [-0.15, -0.1) is 0 Å². The van der Waals surface area contributed by atoms with Crippen LogP contribution >= 0.6 is 0 Å². The lowest BCUT2D eigenvalue weighted by Gasteiger charge is -2.23. The molecule has 1 amide bonds. The van der Waals surface area contributed by atoms with Crippen molar-refractivity contribution >= 4 is 5.91 Å². The molecule has 0 radical (unpaired) electrons. The second-order valence-electron chi connectivity index (χ2n) is 6.03. The average Bonchev–Trinajstić information content (AvgIpc) is 2.59. The summed E-state index contributed by atoms with van der Waals surface area (Å²) in [5, 5.41) is 10.4. The van der Waals surface area contributed by atoms with E-state index in [2.05, 4.69) is 26.0 Å². The summed E-state index contributed by atoms with van der Waals surface area (Å²) in [4.78, 5) is 11.6. The smallest absolute Gasteiger partial charge is 0.253 e. The molecule has 0 aliphatic rings. The number of benzene rings is 2. The van der Waals surface area contributed by atoms with Gasteiger partial charge in [-0.1, -0.05) is 50.2 Å². The highest BCUT2D eigenvalue weighted by Crippen LogP contribution is 2.27. The molecule has 0 saturated heterocycles. The Morgan fingerprint density at radius 1 is 1.12 bits per heavy atom. The van der Waals surface area contributed by atoms with Crippen molar-refractivity contribution in [1.29, 1.82) is 0 Å². The molecule has 2 aromatic carbocycles. The molecular formula is C20H25NO3. The molecule has 3 N–H and O–H groups in total. The van der Waals surface area contributed by atoms with Crippen molar-refractivity contribution in [2.24, 2.45) is 5.73 Å². The van der Waals surface area contributed by atoms with Gasteiger partial charge in [0, 0.05) is 0 Å². The maximum absolute atomic E-state index is 11.6. The number of ether oxygens (including phenoxy) is 1. The average molecular weight is 327 g/mol. The predicted octanol–water partition coefficient (Wildman–Crippen LogP) is 3.08. The Balaban J connectivity index is 2.29. The fraction of sp³-hybridized carbons (Fsp3) is 0.350. The second-order valence-corrected chi connectivity index (χ2v) is 6.03. The number of nitrogens with two attached hydrogens (primary N) is 1. The van der Waals surface area contributed by atoms with Gasteiger partial charge in [0.25, 0.3) is 5.91 Å². The molecule has 2 rings (SSSR count). The van der Waals surface area contributed by atoms with Crippen molar-refractivity contribution in [2.45, 2.75) is 45.8 Å². The first-order valence-electron chi connectivity index (χ1n) is 8.25. The number of amides is 1. The molecule has 0 bridgehead atoms. The van der Waals surface area contributed by atoms with Crippen molar-refractivity contribution in [3.05, 3.63) is 64.7 Å². The normalized spacial score (nSPS) is 13.3. The fourth-order valence-electron chi connectivity index (χ4n) is 2.65. The SMILES string of the molecule is CCc1ccc(CC)c(OCc2ccccc2C(C)(O)C(N)=O)c1. The van der Waals surface area contributed by atoms with Crippen LogP contribution in [0.1, 0.15) is 43.0 Å². The van der Waals surface area contributed by atoms with E-state index in [1.165, 1.54) is 12.5 Å². The Hall–Kier alpha value is -2.33. The molecule has 24 heavy (non-hydrogen) atoms. The number of carbonyl (C=O) groups excluding carboxylic acids is 1. The van der Waals surface area contributed by atoms with E-state index in [0.29, 0.717) is 5.56 Å². The fourth-order valence-corrected chi connectivity index (χ4v) is 2.65. The maximum Gasteiger partial charge on any atom is 0.253 e.